The molecule has 21 heavy (non-hydrogen) atoms. The van der Waals surface area contributed by atoms with Gasteiger partial charge in [-0.1, -0.05) is 0 Å². The monoisotopic (exact) mass is 291 g/mol. The predicted octanol–water partition coefficient (Wildman–Crippen LogP) is 2.66. The van der Waals surface area contributed by atoms with Crippen LogP contribution in [0.25, 0.3) is 0 Å². The van der Waals surface area contributed by atoms with E-state index in [4.69, 9.17) is 0 Å². The van der Waals surface area contributed by atoms with Gasteiger partial charge < -0.3 is 10.1 Å². The molecule has 0 aliphatic rings. The first kappa shape index (κ1) is 14.4. The Bertz CT molecular complexity index is 688. The maximum absolute atomic E-state index is 13.1. The molecule has 1 N–H and O–H groups in total. The molecule has 0 fully saturated rings. The minimum absolute atomic E-state index is 0.217. The van der Waals surface area contributed by atoms with E-state index in [1.54, 1.807) is 0 Å². The number of hydrogen-bond acceptors (Lipinski definition) is 6. The average Bonchev–Trinajstić information content (AvgIpc) is 2.47. The fourth-order valence-electron chi connectivity index (χ4n) is 1.61. The van der Waals surface area contributed by atoms with Gasteiger partial charge in [0.25, 0.3) is 0 Å². The minimum atomic E-state index is -0.839. The highest BCUT2D eigenvalue weighted by Crippen LogP contribution is 2.25. The van der Waals surface area contributed by atoms with Crippen LogP contribution in [0.1, 0.15) is 10.4 Å². The summed E-state index contributed by atoms with van der Waals surface area (Å²) in [5, 5.41) is 13.5. The van der Waals surface area contributed by atoms with Crippen LogP contribution in [0.4, 0.5) is 21.6 Å². The molecule has 7 nitrogen and oxygen atoms in total. The van der Waals surface area contributed by atoms with Crippen LogP contribution in [0.15, 0.2) is 36.4 Å². The summed E-state index contributed by atoms with van der Waals surface area (Å²) in [4.78, 5) is 24.9. The third-order valence-electron chi connectivity index (χ3n) is 2.61. The topological polar surface area (TPSA) is 94.4 Å². The summed E-state index contributed by atoms with van der Waals surface area (Å²) in [5.74, 6) is -1.56. The van der Waals surface area contributed by atoms with Crippen molar-refractivity contribution < 1.29 is 18.8 Å². The van der Waals surface area contributed by atoms with E-state index in [0.29, 0.717) is 11.3 Å². The van der Waals surface area contributed by atoms with E-state index in [9.17, 15) is 19.3 Å². The average molecular weight is 291 g/mol. The lowest BCUT2D eigenvalue weighted by atomic mass is 10.2. The number of carbonyl (C=O) groups excluding carboxylic acids is 1. The first-order valence-corrected chi connectivity index (χ1v) is 5.77. The molecule has 0 unspecified atom stereocenters. The number of ether oxygens (including phenoxy) is 1. The number of methoxy groups -OCH3 is 1. The zero-order valence-electron chi connectivity index (χ0n) is 10.9. The molecule has 1 aromatic carbocycles. The van der Waals surface area contributed by atoms with Gasteiger partial charge in [0.15, 0.2) is 0 Å². The van der Waals surface area contributed by atoms with Gasteiger partial charge in [-0.3, -0.25) is 10.1 Å². The third-order valence-corrected chi connectivity index (χ3v) is 2.61. The summed E-state index contributed by atoms with van der Waals surface area (Å²) in [6.45, 7) is 0. The molecule has 0 aliphatic heterocycles. The lowest BCUT2D eigenvalue weighted by molar-refractivity contribution is -0.384. The molecule has 1 aromatic heterocycles. The molecule has 0 spiro atoms. The Balaban J connectivity index is 2.28. The van der Waals surface area contributed by atoms with Crippen LogP contribution in [-0.4, -0.2) is 23.0 Å². The summed E-state index contributed by atoms with van der Waals surface area (Å²) in [7, 11) is 1.26. The third kappa shape index (κ3) is 3.30. The van der Waals surface area contributed by atoms with Crippen LogP contribution in [0, 0.1) is 16.1 Å². The number of aromatic nitrogens is 1. The quantitative estimate of drug-likeness (QED) is 0.403. The number of halogens is 1. The SMILES string of the molecule is COC(=O)c1ccc(Nc2nc(F)ccc2[N+](=O)[O-])cc1. The Morgan fingerprint density at radius 2 is 1.95 bits per heavy atom. The molecule has 0 atom stereocenters. The summed E-state index contributed by atoms with van der Waals surface area (Å²) in [5.41, 5.74) is 0.391. The number of pyridine rings is 1. The summed E-state index contributed by atoms with van der Waals surface area (Å²) in [6.07, 6.45) is 0. The Morgan fingerprint density at radius 3 is 2.52 bits per heavy atom. The van der Waals surface area contributed by atoms with E-state index < -0.39 is 16.8 Å². The number of anilines is 2. The molecule has 0 saturated heterocycles. The molecular weight excluding hydrogens is 281 g/mol. The molecule has 0 aliphatic carbocycles. The number of esters is 1. The van der Waals surface area contributed by atoms with Crippen LogP contribution < -0.4 is 5.32 Å². The summed E-state index contributed by atoms with van der Waals surface area (Å²) < 4.78 is 17.6. The molecule has 108 valence electrons. The zero-order valence-corrected chi connectivity index (χ0v) is 10.9. The van der Waals surface area contributed by atoms with Crippen LogP contribution in [0.3, 0.4) is 0 Å². The molecular formula is C13H10FN3O4. The van der Waals surface area contributed by atoms with Crippen molar-refractivity contribution in [3.63, 3.8) is 0 Å². The van der Waals surface area contributed by atoms with E-state index in [1.165, 1.54) is 31.4 Å². The van der Waals surface area contributed by atoms with Crippen molar-refractivity contribution in [2.24, 2.45) is 0 Å². The van der Waals surface area contributed by atoms with Crippen LogP contribution in [-0.2, 0) is 4.74 Å². The zero-order chi connectivity index (χ0) is 15.4. The van der Waals surface area contributed by atoms with Gasteiger partial charge in [0.2, 0.25) is 11.8 Å². The van der Waals surface area contributed by atoms with Crippen molar-refractivity contribution in [1.82, 2.24) is 4.98 Å². The number of carbonyl (C=O) groups is 1. The highest BCUT2D eigenvalue weighted by Gasteiger charge is 2.16. The van der Waals surface area contributed by atoms with Crippen molar-refractivity contribution in [2.45, 2.75) is 0 Å². The van der Waals surface area contributed by atoms with E-state index >= 15 is 0 Å². The van der Waals surface area contributed by atoms with Crippen LogP contribution in [0.5, 0.6) is 0 Å². The maximum atomic E-state index is 13.1. The van der Waals surface area contributed by atoms with Crippen LogP contribution >= 0.6 is 0 Å². The predicted molar refractivity (Wildman–Crippen MR) is 71.9 cm³/mol. The standard InChI is InChI=1S/C13H10FN3O4/c1-21-13(18)8-2-4-9(5-3-8)15-12-10(17(19)20)6-7-11(14)16-12/h2-7H,1H3,(H,15,16). The van der Waals surface area contributed by atoms with Gasteiger partial charge in [-0.15, -0.1) is 0 Å². The molecule has 2 aromatic rings. The first-order chi connectivity index (χ1) is 10.0. The number of benzene rings is 1. The van der Waals surface area contributed by atoms with E-state index in [0.717, 1.165) is 12.1 Å². The van der Waals surface area contributed by atoms with Gasteiger partial charge in [0, 0.05) is 17.8 Å². The second-order valence-corrected chi connectivity index (χ2v) is 3.95. The van der Waals surface area contributed by atoms with Gasteiger partial charge in [-0.25, -0.2) is 4.79 Å². The normalized spacial score (nSPS) is 10.0. The largest absolute Gasteiger partial charge is 0.465 e. The lowest BCUT2D eigenvalue weighted by Gasteiger charge is -2.07. The number of hydrogen-bond donors (Lipinski definition) is 1. The van der Waals surface area contributed by atoms with E-state index in [-0.39, 0.29) is 11.5 Å². The van der Waals surface area contributed by atoms with E-state index in [2.05, 4.69) is 15.0 Å². The molecule has 0 bridgehead atoms. The van der Waals surface area contributed by atoms with Crippen molar-refractivity contribution in [1.29, 1.82) is 0 Å². The lowest BCUT2D eigenvalue weighted by Crippen LogP contribution is -2.03. The number of nitro groups is 1. The molecule has 0 radical (unpaired) electrons. The fraction of sp³-hybridized carbons (Fsp3) is 0.0769. The van der Waals surface area contributed by atoms with Crippen molar-refractivity contribution in [3.8, 4) is 0 Å². The van der Waals surface area contributed by atoms with Crippen molar-refractivity contribution in [3.05, 3.63) is 58.0 Å². The highest BCUT2D eigenvalue weighted by atomic mass is 19.1. The molecule has 2 rings (SSSR count). The number of rotatable bonds is 4. The second-order valence-electron chi connectivity index (χ2n) is 3.95. The van der Waals surface area contributed by atoms with Crippen molar-refractivity contribution >= 4 is 23.2 Å². The van der Waals surface area contributed by atoms with Gasteiger partial charge >= 0.3 is 11.7 Å². The molecule has 8 heteroatoms. The van der Waals surface area contributed by atoms with Crippen LogP contribution in [0.2, 0.25) is 0 Å². The van der Waals surface area contributed by atoms with Gasteiger partial charge in [0.1, 0.15) is 0 Å². The van der Waals surface area contributed by atoms with Crippen molar-refractivity contribution in [2.75, 3.05) is 12.4 Å². The number of nitrogens with zero attached hydrogens (tertiary/aromatic N) is 2. The summed E-state index contributed by atoms with van der Waals surface area (Å²) in [6, 6.07) is 7.88. The number of nitrogens with one attached hydrogen (secondary N) is 1. The van der Waals surface area contributed by atoms with E-state index in [1.807, 2.05) is 0 Å². The van der Waals surface area contributed by atoms with Gasteiger partial charge in [0.05, 0.1) is 17.6 Å². The molecule has 1 heterocycles. The summed E-state index contributed by atoms with van der Waals surface area (Å²) >= 11 is 0. The van der Waals surface area contributed by atoms with Gasteiger partial charge in [-0.05, 0) is 24.3 Å². The second kappa shape index (κ2) is 5.95. The Morgan fingerprint density at radius 1 is 1.29 bits per heavy atom. The first-order valence-electron chi connectivity index (χ1n) is 5.77. The highest BCUT2D eigenvalue weighted by molar-refractivity contribution is 5.89. The Kier molecular flexibility index (Phi) is 4.07. The smallest absolute Gasteiger partial charge is 0.337 e. The minimum Gasteiger partial charge on any atom is -0.465 e. The Labute approximate surface area is 118 Å². The Hall–Kier alpha value is -3.03. The van der Waals surface area contributed by atoms with Gasteiger partial charge in [-0.2, -0.15) is 9.37 Å². The molecule has 0 saturated carbocycles. The fourth-order valence-corrected chi connectivity index (χ4v) is 1.61. The maximum Gasteiger partial charge on any atom is 0.337 e. The molecule has 0 amide bonds.